The molecule has 0 aromatic rings. The lowest BCUT2D eigenvalue weighted by Gasteiger charge is -2.33. The van der Waals surface area contributed by atoms with E-state index in [4.69, 9.17) is 0 Å². The highest BCUT2D eigenvalue weighted by Gasteiger charge is 2.47. The first-order chi connectivity index (χ1) is 34.0. The molecule has 0 bridgehead atoms. The highest BCUT2D eigenvalue weighted by atomic mass is 32.3. The van der Waals surface area contributed by atoms with Gasteiger partial charge in [-0.2, -0.15) is 26.3 Å². The summed E-state index contributed by atoms with van der Waals surface area (Å²) in [6.07, 6.45) is 44.7. The van der Waals surface area contributed by atoms with Crippen molar-refractivity contribution in [2.75, 3.05) is 54.2 Å². The van der Waals surface area contributed by atoms with E-state index >= 15 is 0 Å². The minimum absolute atomic E-state index is 0.205. The molecule has 0 amide bonds. The Morgan fingerprint density at radius 3 is 0.851 bits per heavy atom. The molecule has 0 aliphatic carbocycles. The minimum atomic E-state index is -6.72. The third kappa shape index (κ3) is 49.5. The summed E-state index contributed by atoms with van der Waals surface area (Å²) in [4.78, 5) is 12.3. The second-order valence-corrected chi connectivity index (χ2v) is 36.8. The standard InChI is InChI=1S/C32H68P.C16H35O2P.C6H15S.C2F6NO4S2/c1-5-9-13-17-18-19-20-21-22-23-24-28-32-33(29-25-14-10-6-2,30-26-15-11-7-3)31-27-16-12-8-4;1-13(9-15(3,4)5)11-19(17,18)12-14(2)10-16(6,7)8;1-4-7(5-2)6-3;3-1(4,5)14(10,11)9-15(12,13)2(6,7)8/h5-32H2,1-4H3;13-14H,9-12H2,1-8H3,(H,17,18);4-6H2,1-3H3;/q+1;;+1;-1/p-1. The molecule has 0 rings (SSSR count). The number of nitrogens with zero attached hydrogens (tertiary/aromatic N) is 1. The molecule has 0 aliphatic rings. The van der Waals surface area contributed by atoms with E-state index in [2.05, 4.69) is 104 Å². The van der Waals surface area contributed by atoms with E-state index in [0.717, 1.165) is 27.9 Å². The lowest BCUT2D eigenvalue weighted by Crippen LogP contribution is -2.30. The Bertz CT molecular complexity index is 1460. The van der Waals surface area contributed by atoms with Crippen molar-refractivity contribution in [2.45, 2.75) is 282 Å². The van der Waals surface area contributed by atoms with Gasteiger partial charge in [0.15, 0.2) is 20.0 Å². The van der Waals surface area contributed by atoms with E-state index in [-0.39, 0.29) is 22.7 Å². The highest BCUT2D eigenvalue weighted by Crippen LogP contribution is 2.61. The van der Waals surface area contributed by atoms with Crippen LogP contribution in [0.2, 0.25) is 0 Å². The first-order valence-electron chi connectivity index (χ1n) is 29.1. The van der Waals surface area contributed by atoms with Crippen molar-refractivity contribution in [3.8, 4) is 0 Å². The molecule has 0 radical (unpaired) electrons. The Labute approximate surface area is 458 Å². The molecule has 0 saturated carbocycles. The zero-order chi connectivity index (χ0) is 58.2. The maximum Gasteiger partial charge on any atom is 0.480 e. The number of unbranched alkanes of at least 4 members (excludes halogenated alkanes) is 20. The first kappa shape index (κ1) is 80.9. The van der Waals surface area contributed by atoms with Gasteiger partial charge in [-0.1, -0.05) is 186 Å². The fraction of sp³-hybridized carbons (Fsp3) is 1.00. The number of hydrogen-bond donors (Lipinski definition) is 0. The summed E-state index contributed by atoms with van der Waals surface area (Å²) in [5.74, 6) is 4.66. The molecule has 0 fully saturated rings. The maximum absolute atomic E-state index is 12.3. The summed E-state index contributed by atoms with van der Waals surface area (Å²) in [6, 6.07) is 0. The van der Waals surface area contributed by atoms with E-state index in [9.17, 15) is 52.6 Å². The monoisotopic (exact) mass is 1170 g/mol. The molecule has 0 saturated heterocycles. The molecule has 0 N–H and O–H groups in total. The summed E-state index contributed by atoms with van der Waals surface area (Å²) in [7, 11) is -16.6. The molecule has 7 nitrogen and oxygen atoms in total. The largest absolute Gasteiger partial charge is 0.799 e. The van der Waals surface area contributed by atoms with E-state index in [1.807, 2.05) is 0 Å². The highest BCUT2D eigenvalue weighted by molar-refractivity contribution is 8.13. The van der Waals surface area contributed by atoms with Crippen molar-refractivity contribution in [3.63, 3.8) is 0 Å². The van der Waals surface area contributed by atoms with Gasteiger partial charge in [-0.25, -0.2) is 16.8 Å². The van der Waals surface area contributed by atoms with Crippen molar-refractivity contribution in [1.82, 2.24) is 0 Å². The van der Waals surface area contributed by atoms with Crippen LogP contribution in [0.4, 0.5) is 26.3 Å². The molecule has 2 unspecified atom stereocenters. The quantitative estimate of drug-likeness (QED) is 0.0261. The smallest absolute Gasteiger partial charge is 0.480 e. The van der Waals surface area contributed by atoms with Crippen LogP contribution in [0.25, 0.3) is 4.13 Å². The maximum atomic E-state index is 12.3. The Morgan fingerprint density at radius 1 is 0.446 bits per heavy atom. The second-order valence-electron chi connectivity index (χ2n) is 23.6. The Hall–Kier alpha value is 0.410. The third-order valence-electron chi connectivity index (χ3n) is 13.1. The van der Waals surface area contributed by atoms with Crippen molar-refractivity contribution < 1.29 is 52.6 Å². The normalized spacial score (nSPS) is 14.5. The number of alkyl halides is 6. The van der Waals surface area contributed by atoms with Gasteiger partial charge in [-0.15, -0.1) is 0 Å². The second kappa shape index (κ2) is 44.1. The third-order valence-corrected chi connectivity index (χ3v) is 25.7. The number of hydrogen-bond acceptors (Lipinski definition) is 6. The van der Waals surface area contributed by atoms with Gasteiger partial charge in [0, 0.05) is 14.6 Å². The van der Waals surface area contributed by atoms with Crippen LogP contribution in [0.1, 0.15) is 271 Å². The first-order valence-corrected chi connectivity index (χ1v) is 38.3. The summed E-state index contributed by atoms with van der Waals surface area (Å²) >= 11 is 0. The Balaban J connectivity index is -0.000000502. The Kier molecular flexibility index (Phi) is 48.2. The van der Waals surface area contributed by atoms with Gasteiger partial charge in [0.25, 0.3) is 0 Å². The van der Waals surface area contributed by atoms with Crippen LogP contribution in [0, 0.1) is 22.7 Å². The van der Waals surface area contributed by atoms with Crippen LogP contribution >= 0.6 is 14.6 Å². The van der Waals surface area contributed by atoms with E-state index < -0.39 is 45.7 Å². The zero-order valence-corrected chi connectivity index (χ0v) is 54.4. The molecule has 0 aromatic carbocycles. The van der Waals surface area contributed by atoms with Gasteiger partial charge < -0.3 is 13.6 Å². The van der Waals surface area contributed by atoms with E-state index in [1.54, 1.807) is 50.3 Å². The van der Waals surface area contributed by atoms with Crippen LogP contribution in [-0.4, -0.2) is 82.1 Å². The number of sulfonamides is 2. The molecule has 0 heterocycles. The van der Waals surface area contributed by atoms with Crippen LogP contribution in [0.15, 0.2) is 0 Å². The summed E-state index contributed by atoms with van der Waals surface area (Å²) < 4.78 is 121. The van der Waals surface area contributed by atoms with Gasteiger partial charge in [-0.05, 0) is 131 Å². The van der Waals surface area contributed by atoms with Crippen LogP contribution in [0.3, 0.4) is 0 Å². The van der Waals surface area contributed by atoms with Crippen molar-refractivity contribution >= 4 is 45.6 Å². The van der Waals surface area contributed by atoms with Gasteiger partial charge in [-0.3, -0.25) is 0 Å². The average Bonchev–Trinajstić information content (AvgIpc) is 3.24. The SMILES string of the molecule is CC(CC(C)(C)C)CP(=O)([O-])CC(C)CC(C)(C)C.CCCCCCCCCCCCCC[P+](CCCCCC)(CCCCCC)CCCCCC.CC[S+](CC)CC.O=S(=O)([N-]S(=O)(=O)C(F)(F)F)C(F)(F)F. The molecular formula is C56H117F6NO6P2S3. The fourth-order valence-electron chi connectivity index (χ4n) is 9.65. The molecule has 18 heteroatoms. The van der Waals surface area contributed by atoms with E-state index in [1.165, 1.54) is 146 Å². The predicted octanol–water partition coefficient (Wildman–Crippen LogP) is 19.9. The zero-order valence-electron chi connectivity index (χ0n) is 50.2. The van der Waals surface area contributed by atoms with Gasteiger partial charge in [0.05, 0.1) is 24.6 Å². The van der Waals surface area contributed by atoms with Gasteiger partial charge in [0.2, 0.25) is 0 Å². The lowest BCUT2D eigenvalue weighted by molar-refractivity contribution is -0.176. The summed E-state index contributed by atoms with van der Waals surface area (Å²) in [6.45, 7) is 33.4. The topological polar surface area (TPSA) is 123 Å². The van der Waals surface area contributed by atoms with Crippen molar-refractivity contribution in [1.29, 1.82) is 0 Å². The summed E-state index contributed by atoms with van der Waals surface area (Å²) in [5, 5.41) is 0. The van der Waals surface area contributed by atoms with Gasteiger partial charge >= 0.3 is 11.0 Å². The predicted molar refractivity (Wildman–Crippen MR) is 316 cm³/mol. The van der Waals surface area contributed by atoms with E-state index in [0.29, 0.717) is 12.3 Å². The van der Waals surface area contributed by atoms with Crippen LogP contribution in [-0.2, 0) is 35.5 Å². The number of halogens is 6. The molecule has 2 atom stereocenters. The van der Waals surface area contributed by atoms with Crippen LogP contribution in [0.5, 0.6) is 0 Å². The fourth-order valence-corrected chi connectivity index (χ4v) is 19.8. The lowest BCUT2D eigenvalue weighted by atomic mass is 9.86. The average molecular weight is 1170 g/mol. The molecule has 0 spiro atoms. The molecule has 0 aromatic heterocycles. The van der Waals surface area contributed by atoms with Gasteiger partial charge in [0.1, 0.15) is 17.3 Å². The molecule has 74 heavy (non-hydrogen) atoms. The van der Waals surface area contributed by atoms with Crippen LogP contribution < -0.4 is 4.89 Å². The van der Waals surface area contributed by atoms with Crippen molar-refractivity contribution in [3.05, 3.63) is 4.13 Å². The molecule has 452 valence electrons. The number of rotatable bonds is 39. The minimum Gasteiger partial charge on any atom is -0.799 e. The molecular weight excluding hydrogens is 1050 g/mol. The molecule has 0 aliphatic heterocycles. The van der Waals surface area contributed by atoms with Crippen molar-refractivity contribution in [2.24, 2.45) is 22.7 Å². The Morgan fingerprint density at radius 2 is 0.662 bits per heavy atom. The summed E-state index contributed by atoms with van der Waals surface area (Å²) in [5.41, 5.74) is -12.0.